The molecule has 0 aromatic heterocycles. The van der Waals surface area contributed by atoms with Crippen LogP contribution in [0.2, 0.25) is 0 Å². The van der Waals surface area contributed by atoms with Crippen molar-refractivity contribution in [2.24, 2.45) is 17.6 Å². The van der Waals surface area contributed by atoms with Crippen LogP contribution < -0.4 is 5.73 Å². The number of rotatable bonds is 9. The van der Waals surface area contributed by atoms with Gasteiger partial charge in [-0.25, -0.2) is 0 Å². The standard InChI is InChI=1S/C34H38N4O2/c1-24(33(36)39)32(18-25-9-8-10-26(17-25)20-35)34(40)38-22-30(28-13-6-3-7-14-28)19-31(38)23-37-16-15-29(21-37)27-11-4-2-5-12-27/h2-14,17,24,29-32H,15-16,18-19,21-23H2,1H3,(H2,36,39)/t24?,29?,30-,31-,32-/m0/s1. The van der Waals surface area contributed by atoms with Gasteiger partial charge in [-0.1, -0.05) is 79.7 Å². The van der Waals surface area contributed by atoms with Crippen molar-refractivity contribution in [1.29, 1.82) is 5.26 Å². The summed E-state index contributed by atoms with van der Waals surface area (Å²) in [5, 5.41) is 9.37. The lowest BCUT2D eigenvalue weighted by atomic mass is 9.85. The van der Waals surface area contributed by atoms with Crippen LogP contribution in [-0.4, -0.2) is 53.8 Å². The van der Waals surface area contributed by atoms with Crippen molar-refractivity contribution >= 4 is 11.8 Å². The van der Waals surface area contributed by atoms with E-state index in [0.29, 0.717) is 24.4 Å². The van der Waals surface area contributed by atoms with E-state index >= 15 is 0 Å². The molecule has 0 bridgehead atoms. The Hall–Kier alpha value is -3.95. The molecule has 2 aliphatic heterocycles. The van der Waals surface area contributed by atoms with Crippen LogP contribution in [0, 0.1) is 23.2 Å². The zero-order valence-corrected chi connectivity index (χ0v) is 23.2. The smallest absolute Gasteiger partial charge is 0.227 e. The summed E-state index contributed by atoms with van der Waals surface area (Å²) in [6.45, 7) is 5.20. The maximum absolute atomic E-state index is 14.3. The first kappa shape index (κ1) is 27.6. The van der Waals surface area contributed by atoms with Crippen LogP contribution in [-0.2, 0) is 16.0 Å². The molecule has 3 aromatic carbocycles. The Bertz CT molecular complexity index is 1350. The van der Waals surface area contributed by atoms with E-state index in [1.54, 1.807) is 19.1 Å². The molecule has 6 nitrogen and oxygen atoms in total. The van der Waals surface area contributed by atoms with E-state index in [9.17, 15) is 14.9 Å². The number of primary amides is 1. The first-order valence-electron chi connectivity index (χ1n) is 14.3. The van der Waals surface area contributed by atoms with E-state index in [1.165, 1.54) is 11.1 Å². The Balaban J connectivity index is 1.38. The lowest BCUT2D eigenvalue weighted by Crippen LogP contribution is -2.48. The van der Waals surface area contributed by atoms with Crippen LogP contribution >= 0.6 is 0 Å². The lowest BCUT2D eigenvalue weighted by Gasteiger charge is -2.33. The highest BCUT2D eigenvalue weighted by Crippen LogP contribution is 2.36. The van der Waals surface area contributed by atoms with Crippen LogP contribution in [0.4, 0.5) is 0 Å². The summed E-state index contributed by atoms with van der Waals surface area (Å²) in [6.07, 6.45) is 2.38. The second-order valence-corrected chi connectivity index (χ2v) is 11.5. The van der Waals surface area contributed by atoms with Crippen LogP contribution in [0.3, 0.4) is 0 Å². The number of likely N-dealkylation sites (tertiary alicyclic amines) is 2. The molecule has 2 heterocycles. The summed E-state index contributed by atoms with van der Waals surface area (Å²) in [4.78, 5) is 31.2. The minimum absolute atomic E-state index is 0.0177. The van der Waals surface area contributed by atoms with Gasteiger partial charge in [0, 0.05) is 37.5 Å². The number of carbonyl (C=O) groups is 2. The highest BCUT2D eigenvalue weighted by molar-refractivity contribution is 5.87. The molecule has 2 N–H and O–H groups in total. The zero-order chi connectivity index (χ0) is 28.1. The molecule has 2 fully saturated rings. The molecule has 3 aromatic rings. The Labute approximate surface area is 237 Å². The number of nitrogens with two attached hydrogens (primary N) is 1. The van der Waals surface area contributed by atoms with Crippen LogP contribution in [0.5, 0.6) is 0 Å². The topological polar surface area (TPSA) is 90.4 Å². The van der Waals surface area contributed by atoms with Gasteiger partial charge in [0.25, 0.3) is 0 Å². The minimum Gasteiger partial charge on any atom is -0.369 e. The van der Waals surface area contributed by atoms with Gasteiger partial charge in [-0.3, -0.25) is 9.59 Å². The van der Waals surface area contributed by atoms with E-state index in [0.717, 1.165) is 38.0 Å². The van der Waals surface area contributed by atoms with Gasteiger partial charge in [0.2, 0.25) is 11.8 Å². The van der Waals surface area contributed by atoms with Crippen molar-refractivity contribution in [3.63, 3.8) is 0 Å². The van der Waals surface area contributed by atoms with Gasteiger partial charge in [-0.15, -0.1) is 0 Å². The molecule has 0 aliphatic carbocycles. The predicted molar refractivity (Wildman–Crippen MR) is 156 cm³/mol. The van der Waals surface area contributed by atoms with Crippen molar-refractivity contribution in [2.75, 3.05) is 26.2 Å². The minimum atomic E-state index is -0.621. The molecule has 2 unspecified atom stereocenters. The molecule has 40 heavy (non-hydrogen) atoms. The van der Waals surface area contributed by atoms with Gasteiger partial charge in [-0.2, -0.15) is 5.26 Å². The summed E-state index contributed by atoms with van der Waals surface area (Å²) in [5.74, 6) is -0.949. The van der Waals surface area contributed by atoms with Gasteiger partial charge in [0.05, 0.1) is 17.6 Å². The Kier molecular flexibility index (Phi) is 8.62. The average molecular weight is 535 g/mol. The van der Waals surface area contributed by atoms with E-state index in [2.05, 4.69) is 65.6 Å². The summed E-state index contributed by atoms with van der Waals surface area (Å²) >= 11 is 0. The third-order valence-corrected chi connectivity index (χ3v) is 8.86. The molecular weight excluding hydrogens is 496 g/mol. The summed E-state index contributed by atoms with van der Waals surface area (Å²) in [7, 11) is 0. The fraction of sp³-hybridized carbons (Fsp3) is 0.382. The van der Waals surface area contributed by atoms with E-state index in [4.69, 9.17) is 5.73 Å². The number of nitrogens with zero attached hydrogens (tertiary/aromatic N) is 3. The van der Waals surface area contributed by atoms with Gasteiger partial charge in [-0.05, 0) is 60.5 Å². The molecule has 2 aliphatic rings. The monoisotopic (exact) mass is 534 g/mol. The second-order valence-electron chi connectivity index (χ2n) is 11.5. The number of hydrogen-bond donors (Lipinski definition) is 1. The third-order valence-electron chi connectivity index (χ3n) is 8.86. The number of amides is 2. The normalized spacial score (nSPS) is 22.5. The second kappa shape index (κ2) is 12.5. The average Bonchev–Trinajstić information content (AvgIpc) is 3.64. The molecule has 2 amide bonds. The number of nitriles is 1. The maximum Gasteiger partial charge on any atom is 0.227 e. The number of hydrogen-bond acceptors (Lipinski definition) is 4. The largest absolute Gasteiger partial charge is 0.369 e. The predicted octanol–water partition coefficient (Wildman–Crippen LogP) is 4.71. The SMILES string of the molecule is CC(C(N)=O)[C@H](Cc1cccc(C#N)c1)C(=O)N1C[C@@H](c2ccccc2)C[C@H]1CN1CCC(c2ccccc2)C1. The van der Waals surface area contributed by atoms with E-state index in [-0.39, 0.29) is 17.9 Å². The van der Waals surface area contributed by atoms with E-state index in [1.807, 2.05) is 23.1 Å². The zero-order valence-electron chi connectivity index (χ0n) is 23.2. The quantitative estimate of drug-likeness (QED) is 0.430. The fourth-order valence-electron chi connectivity index (χ4n) is 6.53. The Morgan fingerprint density at radius 2 is 1.62 bits per heavy atom. The van der Waals surface area contributed by atoms with Crippen molar-refractivity contribution in [3.05, 3.63) is 107 Å². The van der Waals surface area contributed by atoms with Gasteiger partial charge >= 0.3 is 0 Å². The van der Waals surface area contributed by atoms with Crippen molar-refractivity contribution in [3.8, 4) is 6.07 Å². The molecule has 0 spiro atoms. The molecule has 5 atom stereocenters. The van der Waals surface area contributed by atoms with Gasteiger partial charge in [0.15, 0.2) is 0 Å². The summed E-state index contributed by atoms with van der Waals surface area (Å²) in [5.41, 5.74) is 9.80. The first-order chi connectivity index (χ1) is 19.4. The number of carbonyl (C=O) groups excluding carboxylic acids is 2. The molecule has 2 saturated heterocycles. The first-order valence-corrected chi connectivity index (χ1v) is 14.3. The molecule has 5 rings (SSSR count). The van der Waals surface area contributed by atoms with Crippen LogP contribution in [0.1, 0.15) is 53.9 Å². The van der Waals surface area contributed by atoms with Crippen LogP contribution in [0.25, 0.3) is 0 Å². The molecule has 206 valence electrons. The van der Waals surface area contributed by atoms with Crippen molar-refractivity contribution in [1.82, 2.24) is 9.80 Å². The van der Waals surface area contributed by atoms with E-state index < -0.39 is 17.7 Å². The molecular formula is C34H38N4O2. The van der Waals surface area contributed by atoms with Gasteiger partial charge in [0.1, 0.15) is 0 Å². The van der Waals surface area contributed by atoms with Gasteiger partial charge < -0.3 is 15.5 Å². The molecule has 0 saturated carbocycles. The van der Waals surface area contributed by atoms with Crippen molar-refractivity contribution < 1.29 is 9.59 Å². The summed E-state index contributed by atoms with van der Waals surface area (Å²) in [6, 6.07) is 30.6. The van der Waals surface area contributed by atoms with Crippen molar-refractivity contribution in [2.45, 2.75) is 44.1 Å². The summed E-state index contributed by atoms with van der Waals surface area (Å²) < 4.78 is 0. The highest BCUT2D eigenvalue weighted by atomic mass is 16.2. The lowest BCUT2D eigenvalue weighted by molar-refractivity contribution is -0.141. The highest BCUT2D eigenvalue weighted by Gasteiger charge is 2.42. The molecule has 6 heteroatoms. The fourth-order valence-corrected chi connectivity index (χ4v) is 6.53. The Morgan fingerprint density at radius 1 is 0.950 bits per heavy atom. The number of benzene rings is 3. The molecule has 0 radical (unpaired) electrons. The maximum atomic E-state index is 14.3. The Morgan fingerprint density at radius 3 is 2.27 bits per heavy atom. The van der Waals surface area contributed by atoms with Crippen LogP contribution in [0.15, 0.2) is 84.9 Å². The third kappa shape index (κ3) is 6.26.